The average Bonchev–Trinajstić information content (AvgIpc) is 2.30. The van der Waals surface area contributed by atoms with Gasteiger partial charge in [-0.15, -0.1) is 0 Å². The van der Waals surface area contributed by atoms with Crippen LogP contribution in [0, 0.1) is 5.82 Å². The molecule has 1 unspecified atom stereocenters. The third-order valence-corrected chi connectivity index (χ3v) is 3.15. The molecule has 2 rings (SSSR count). The van der Waals surface area contributed by atoms with Crippen molar-refractivity contribution in [3.63, 3.8) is 0 Å². The van der Waals surface area contributed by atoms with Crippen LogP contribution in [-0.2, 0) is 14.9 Å². The highest BCUT2D eigenvalue weighted by atomic mass is 79.9. The molecule has 1 atom stereocenters. The standard InChI is InChI=1S/C10H9BrFN3O2/c11-3-7-9(12)6(4-13-15-7)5-1-2-8(16)14-10(5)17/h4-5H,1-3H2,(H,14,16,17). The molecule has 2 heterocycles. The number of piperidine rings is 1. The van der Waals surface area contributed by atoms with Crippen molar-refractivity contribution in [3.05, 3.63) is 23.3 Å². The Kier molecular flexibility index (Phi) is 3.46. The molecule has 0 spiro atoms. The Morgan fingerprint density at radius 1 is 1.53 bits per heavy atom. The summed E-state index contributed by atoms with van der Waals surface area (Å²) in [6.07, 6.45) is 1.75. The van der Waals surface area contributed by atoms with Gasteiger partial charge in [0.1, 0.15) is 5.69 Å². The van der Waals surface area contributed by atoms with Gasteiger partial charge in [-0.25, -0.2) is 4.39 Å². The molecular weight excluding hydrogens is 293 g/mol. The summed E-state index contributed by atoms with van der Waals surface area (Å²) in [4.78, 5) is 22.6. The summed E-state index contributed by atoms with van der Waals surface area (Å²) in [6.45, 7) is 0. The molecule has 17 heavy (non-hydrogen) atoms. The molecule has 0 aromatic carbocycles. The largest absolute Gasteiger partial charge is 0.296 e. The lowest BCUT2D eigenvalue weighted by molar-refractivity contribution is -0.134. The van der Waals surface area contributed by atoms with E-state index in [-0.39, 0.29) is 28.9 Å². The molecule has 0 bridgehead atoms. The number of aromatic nitrogens is 2. The summed E-state index contributed by atoms with van der Waals surface area (Å²) in [5, 5.41) is 9.70. The van der Waals surface area contributed by atoms with Crippen LogP contribution in [0.4, 0.5) is 4.39 Å². The van der Waals surface area contributed by atoms with Crippen LogP contribution in [-0.4, -0.2) is 22.0 Å². The number of alkyl halides is 1. The van der Waals surface area contributed by atoms with Crippen molar-refractivity contribution >= 4 is 27.7 Å². The van der Waals surface area contributed by atoms with Gasteiger partial charge in [0, 0.05) is 12.0 Å². The van der Waals surface area contributed by atoms with Gasteiger partial charge in [-0.2, -0.15) is 10.2 Å². The summed E-state index contributed by atoms with van der Waals surface area (Å²) in [5.41, 5.74) is 0.353. The molecule has 1 fully saturated rings. The molecule has 5 nitrogen and oxygen atoms in total. The first-order valence-corrected chi connectivity index (χ1v) is 6.15. The van der Waals surface area contributed by atoms with Gasteiger partial charge in [0.15, 0.2) is 5.82 Å². The Balaban J connectivity index is 2.34. The van der Waals surface area contributed by atoms with E-state index in [1.165, 1.54) is 6.20 Å². The molecule has 0 saturated carbocycles. The second kappa shape index (κ2) is 4.87. The van der Waals surface area contributed by atoms with Crippen molar-refractivity contribution in [1.29, 1.82) is 0 Å². The maximum atomic E-state index is 13.9. The minimum absolute atomic E-state index is 0.159. The average molecular weight is 302 g/mol. The normalized spacial score (nSPS) is 20.2. The predicted octanol–water partition coefficient (Wildman–Crippen LogP) is 1.03. The molecule has 0 radical (unpaired) electrons. The van der Waals surface area contributed by atoms with Gasteiger partial charge in [-0.05, 0) is 6.42 Å². The molecule has 0 aliphatic carbocycles. The predicted molar refractivity (Wildman–Crippen MR) is 59.7 cm³/mol. The first kappa shape index (κ1) is 12.1. The third kappa shape index (κ3) is 2.33. The molecule has 1 aliphatic rings. The van der Waals surface area contributed by atoms with Gasteiger partial charge in [-0.1, -0.05) is 15.9 Å². The Hall–Kier alpha value is -1.37. The Morgan fingerprint density at radius 2 is 2.29 bits per heavy atom. The van der Waals surface area contributed by atoms with Gasteiger partial charge in [0.05, 0.1) is 17.4 Å². The van der Waals surface area contributed by atoms with E-state index in [0.29, 0.717) is 6.42 Å². The fraction of sp³-hybridized carbons (Fsp3) is 0.400. The number of hydrogen-bond donors (Lipinski definition) is 1. The molecule has 2 amide bonds. The van der Waals surface area contributed by atoms with E-state index in [9.17, 15) is 14.0 Å². The third-order valence-electron chi connectivity index (χ3n) is 2.62. The highest BCUT2D eigenvalue weighted by molar-refractivity contribution is 9.08. The van der Waals surface area contributed by atoms with Crippen molar-refractivity contribution < 1.29 is 14.0 Å². The van der Waals surface area contributed by atoms with Crippen LogP contribution in [0.3, 0.4) is 0 Å². The zero-order chi connectivity index (χ0) is 12.4. The molecule has 1 aliphatic heterocycles. The fourth-order valence-corrected chi connectivity index (χ4v) is 2.10. The smallest absolute Gasteiger partial charge is 0.234 e. The number of nitrogens with zero attached hydrogens (tertiary/aromatic N) is 2. The lowest BCUT2D eigenvalue weighted by Crippen LogP contribution is -2.39. The summed E-state index contributed by atoms with van der Waals surface area (Å²) in [6, 6.07) is 0. The fourth-order valence-electron chi connectivity index (χ4n) is 1.75. The lowest BCUT2D eigenvalue weighted by Gasteiger charge is -2.21. The van der Waals surface area contributed by atoms with Crippen molar-refractivity contribution in [2.75, 3.05) is 0 Å². The van der Waals surface area contributed by atoms with Crippen LogP contribution in [0.15, 0.2) is 6.20 Å². The quantitative estimate of drug-likeness (QED) is 0.654. The maximum absolute atomic E-state index is 13.9. The number of amides is 2. The van der Waals surface area contributed by atoms with Crippen LogP contribution in [0.25, 0.3) is 0 Å². The first-order chi connectivity index (χ1) is 8.13. The van der Waals surface area contributed by atoms with E-state index in [0.717, 1.165) is 0 Å². The van der Waals surface area contributed by atoms with Crippen LogP contribution in [0.5, 0.6) is 0 Å². The number of carbonyl (C=O) groups excluding carboxylic acids is 2. The molecule has 1 saturated heterocycles. The number of halogens is 2. The number of nitrogens with one attached hydrogen (secondary N) is 1. The summed E-state index contributed by atoms with van der Waals surface area (Å²) >= 11 is 3.09. The number of hydrogen-bond acceptors (Lipinski definition) is 4. The van der Waals surface area contributed by atoms with E-state index in [4.69, 9.17) is 0 Å². The molecule has 1 N–H and O–H groups in total. The second-order valence-corrected chi connectivity index (χ2v) is 4.26. The first-order valence-electron chi connectivity index (χ1n) is 5.03. The lowest BCUT2D eigenvalue weighted by atomic mass is 9.91. The van der Waals surface area contributed by atoms with E-state index in [1.807, 2.05) is 0 Å². The second-order valence-electron chi connectivity index (χ2n) is 3.70. The highest BCUT2D eigenvalue weighted by Crippen LogP contribution is 2.27. The van der Waals surface area contributed by atoms with E-state index in [1.54, 1.807) is 0 Å². The van der Waals surface area contributed by atoms with Crippen LogP contribution in [0.2, 0.25) is 0 Å². The summed E-state index contributed by atoms with van der Waals surface area (Å²) in [5.74, 6) is -2.00. The minimum Gasteiger partial charge on any atom is -0.296 e. The van der Waals surface area contributed by atoms with Crippen molar-refractivity contribution in [2.24, 2.45) is 0 Å². The van der Waals surface area contributed by atoms with Gasteiger partial charge in [0.25, 0.3) is 0 Å². The van der Waals surface area contributed by atoms with E-state index in [2.05, 4.69) is 31.4 Å². The Morgan fingerprint density at radius 3 is 2.94 bits per heavy atom. The monoisotopic (exact) mass is 301 g/mol. The maximum Gasteiger partial charge on any atom is 0.234 e. The summed E-state index contributed by atoms with van der Waals surface area (Å²) in [7, 11) is 0. The Labute approximate surface area is 105 Å². The number of rotatable bonds is 2. The van der Waals surface area contributed by atoms with Crippen molar-refractivity contribution in [1.82, 2.24) is 15.5 Å². The Bertz CT molecular complexity index is 481. The van der Waals surface area contributed by atoms with E-state index < -0.39 is 17.6 Å². The van der Waals surface area contributed by atoms with Crippen molar-refractivity contribution in [2.45, 2.75) is 24.1 Å². The van der Waals surface area contributed by atoms with Crippen LogP contribution < -0.4 is 5.32 Å². The molecule has 7 heteroatoms. The zero-order valence-electron chi connectivity index (χ0n) is 8.74. The molecule has 90 valence electrons. The van der Waals surface area contributed by atoms with Crippen LogP contribution >= 0.6 is 15.9 Å². The van der Waals surface area contributed by atoms with Gasteiger partial charge < -0.3 is 0 Å². The highest BCUT2D eigenvalue weighted by Gasteiger charge is 2.31. The van der Waals surface area contributed by atoms with E-state index >= 15 is 0 Å². The topological polar surface area (TPSA) is 72.0 Å². The van der Waals surface area contributed by atoms with Crippen molar-refractivity contribution in [3.8, 4) is 0 Å². The summed E-state index contributed by atoms with van der Waals surface area (Å²) < 4.78 is 13.9. The van der Waals surface area contributed by atoms with Gasteiger partial charge in [0.2, 0.25) is 11.8 Å². The molecule has 1 aromatic rings. The van der Waals surface area contributed by atoms with Gasteiger partial charge >= 0.3 is 0 Å². The van der Waals surface area contributed by atoms with Crippen LogP contribution in [0.1, 0.15) is 30.0 Å². The molecule has 1 aromatic heterocycles. The number of imide groups is 1. The zero-order valence-corrected chi connectivity index (χ0v) is 10.3. The minimum atomic E-state index is -0.666. The SMILES string of the molecule is O=C1CCC(c2cnnc(CBr)c2F)C(=O)N1. The number of carbonyl (C=O) groups is 2. The van der Waals surface area contributed by atoms with Gasteiger partial charge in [-0.3, -0.25) is 14.9 Å². The molecular formula is C10H9BrFN3O2.